The first-order valence-corrected chi connectivity index (χ1v) is 5.00. The Bertz CT molecular complexity index is 172. The van der Waals surface area contributed by atoms with Crippen molar-refractivity contribution >= 4 is 18.0 Å². The van der Waals surface area contributed by atoms with Crippen LogP contribution in [0.2, 0.25) is 0 Å². The molecule has 0 aliphatic heterocycles. The van der Waals surface area contributed by atoms with E-state index < -0.39 is 5.60 Å². The van der Waals surface area contributed by atoms with Crippen LogP contribution in [0.1, 0.15) is 33.6 Å². The molecule has 1 amide bonds. The van der Waals surface area contributed by atoms with E-state index in [0.29, 0.717) is 5.25 Å². The predicted octanol–water partition coefficient (Wildman–Crippen LogP) is 2.32. The molecule has 0 spiro atoms. The molecule has 0 unspecified atom stereocenters. The number of nitrogens with one attached hydrogen (secondary N) is 1. The van der Waals surface area contributed by atoms with Gasteiger partial charge in [0.25, 0.3) is 0 Å². The second-order valence-corrected chi connectivity index (χ2v) is 5.03. The van der Waals surface area contributed by atoms with E-state index in [1.807, 2.05) is 20.8 Å². The summed E-state index contributed by atoms with van der Waals surface area (Å²) < 4.78 is 7.70. The Kier molecular flexibility index (Phi) is 2.88. The molecule has 0 saturated heterocycles. The van der Waals surface area contributed by atoms with Gasteiger partial charge in [-0.25, -0.2) is 4.79 Å². The molecular weight excluding hydrogens is 174 g/mol. The molecule has 0 heterocycles. The predicted molar refractivity (Wildman–Crippen MR) is 50.0 cm³/mol. The number of rotatable bonds is 2. The summed E-state index contributed by atoms with van der Waals surface area (Å²) in [4.78, 5) is 11.0. The second kappa shape index (κ2) is 3.56. The summed E-state index contributed by atoms with van der Waals surface area (Å²) in [6, 6.07) is 0. The van der Waals surface area contributed by atoms with Crippen LogP contribution in [-0.2, 0) is 4.74 Å². The molecule has 1 aliphatic carbocycles. The lowest BCUT2D eigenvalue weighted by Crippen LogP contribution is -2.29. The minimum absolute atomic E-state index is 0.334. The minimum atomic E-state index is -0.395. The van der Waals surface area contributed by atoms with Crippen molar-refractivity contribution in [2.24, 2.45) is 0 Å². The Balaban J connectivity index is 2.10. The normalized spacial score (nSPS) is 17.2. The van der Waals surface area contributed by atoms with E-state index in [2.05, 4.69) is 4.72 Å². The van der Waals surface area contributed by atoms with Crippen molar-refractivity contribution in [2.45, 2.75) is 44.5 Å². The van der Waals surface area contributed by atoms with Crippen molar-refractivity contribution in [3.05, 3.63) is 0 Å². The molecule has 0 bridgehead atoms. The Morgan fingerprint density at radius 1 is 1.50 bits per heavy atom. The van der Waals surface area contributed by atoms with Gasteiger partial charge in [0.15, 0.2) is 0 Å². The molecule has 1 rings (SSSR count). The molecule has 1 aliphatic rings. The quantitative estimate of drug-likeness (QED) is 0.677. The van der Waals surface area contributed by atoms with Crippen LogP contribution in [0.3, 0.4) is 0 Å². The van der Waals surface area contributed by atoms with Crippen LogP contribution < -0.4 is 4.72 Å². The van der Waals surface area contributed by atoms with E-state index in [4.69, 9.17) is 4.74 Å². The summed E-state index contributed by atoms with van der Waals surface area (Å²) in [5.41, 5.74) is -0.395. The third-order valence-electron chi connectivity index (χ3n) is 1.23. The van der Waals surface area contributed by atoms with Crippen LogP contribution in [0.25, 0.3) is 0 Å². The fourth-order valence-corrected chi connectivity index (χ4v) is 1.29. The van der Waals surface area contributed by atoms with Gasteiger partial charge in [0, 0.05) is 5.25 Å². The highest BCUT2D eigenvalue weighted by molar-refractivity contribution is 7.98. The maximum atomic E-state index is 11.0. The first-order chi connectivity index (χ1) is 5.47. The largest absolute Gasteiger partial charge is 0.443 e. The molecule has 4 heteroatoms. The average Bonchev–Trinajstić information content (AvgIpc) is 2.61. The molecule has 0 radical (unpaired) electrons. The molecule has 1 saturated carbocycles. The van der Waals surface area contributed by atoms with Crippen molar-refractivity contribution < 1.29 is 9.53 Å². The third-order valence-corrected chi connectivity index (χ3v) is 2.32. The maximum Gasteiger partial charge on any atom is 0.417 e. The van der Waals surface area contributed by atoms with Gasteiger partial charge in [-0.3, -0.25) is 4.72 Å². The number of carbonyl (C=O) groups excluding carboxylic acids is 1. The fraction of sp³-hybridized carbons (Fsp3) is 0.875. The second-order valence-electron chi connectivity index (χ2n) is 3.92. The number of amides is 1. The van der Waals surface area contributed by atoms with Crippen LogP contribution in [0.4, 0.5) is 4.79 Å². The van der Waals surface area contributed by atoms with Gasteiger partial charge in [0.05, 0.1) is 0 Å². The highest BCUT2D eigenvalue weighted by Crippen LogP contribution is 2.31. The van der Waals surface area contributed by atoms with Gasteiger partial charge in [-0.05, 0) is 45.6 Å². The molecule has 3 nitrogen and oxygen atoms in total. The van der Waals surface area contributed by atoms with Crippen LogP contribution in [0.15, 0.2) is 0 Å². The van der Waals surface area contributed by atoms with Gasteiger partial charge in [0.1, 0.15) is 5.60 Å². The average molecular weight is 189 g/mol. The standard InChI is InChI=1S/C8H15NO2S/c1-8(2,3)11-7(10)9-12-6-4-5-6/h6H,4-5H2,1-3H3,(H,9,10). The minimum Gasteiger partial charge on any atom is -0.443 e. The summed E-state index contributed by atoms with van der Waals surface area (Å²) in [6.45, 7) is 5.57. The first kappa shape index (κ1) is 9.71. The molecule has 0 aromatic rings. The zero-order chi connectivity index (χ0) is 9.19. The monoisotopic (exact) mass is 189 g/mol. The number of hydrogen-bond acceptors (Lipinski definition) is 3. The molecule has 70 valence electrons. The summed E-state index contributed by atoms with van der Waals surface area (Å²) >= 11 is 1.47. The summed E-state index contributed by atoms with van der Waals surface area (Å²) in [5.74, 6) is 0. The van der Waals surface area contributed by atoms with Gasteiger partial charge < -0.3 is 4.74 Å². The molecular formula is C8H15NO2S. The highest BCUT2D eigenvalue weighted by atomic mass is 32.2. The smallest absolute Gasteiger partial charge is 0.417 e. The lowest BCUT2D eigenvalue weighted by molar-refractivity contribution is 0.0574. The van der Waals surface area contributed by atoms with Crippen molar-refractivity contribution in [3.8, 4) is 0 Å². The van der Waals surface area contributed by atoms with Gasteiger partial charge in [0.2, 0.25) is 0 Å². The number of carbonyl (C=O) groups is 1. The van der Waals surface area contributed by atoms with Crippen molar-refractivity contribution in [3.63, 3.8) is 0 Å². The molecule has 0 aromatic carbocycles. The highest BCUT2D eigenvalue weighted by Gasteiger charge is 2.24. The van der Waals surface area contributed by atoms with E-state index >= 15 is 0 Å². The molecule has 1 N–H and O–H groups in total. The molecule has 1 fully saturated rings. The van der Waals surface area contributed by atoms with Crippen LogP contribution in [0, 0.1) is 0 Å². The van der Waals surface area contributed by atoms with E-state index in [0.717, 1.165) is 0 Å². The molecule has 0 atom stereocenters. The van der Waals surface area contributed by atoms with Crippen molar-refractivity contribution in [1.29, 1.82) is 0 Å². The molecule has 0 aromatic heterocycles. The van der Waals surface area contributed by atoms with E-state index in [9.17, 15) is 4.79 Å². The Morgan fingerprint density at radius 2 is 2.08 bits per heavy atom. The zero-order valence-electron chi connectivity index (χ0n) is 7.72. The lowest BCUT2D eigenvalue weighted by Gasteiger charge is -2.19. The van der Waals surface area contributed by atoms with Gasteiger partial charge in [-0.15, -0.1) is 0 Å². The van der Waals surface area contributed by atoms with Crippen LogP contribution in [-0.4, -0.2) is 16.9 Å². The van der Waals surface area contributed by atoms with Crippen LogP contribution in [0.5, 0.6) is 0 Å². The first-order valence-electron chi connectivity index (χ1n) is 4.12. The summed E-state index contributed by atoms with van der Waals surface area (Å²) in [6.07, 6.45) is 2.08. The van der Waals surface area contributed by atoms with E-state index in [-0.39, 0.29) is 6.09 Å². The van der Waals surface area contributed by atoms with Gasteiger partial charge >= 0.3 is 6.09 Å². The van der Waals surface area contributed by atoms with Crippen molar-refractivity contribution in [2.75, 3.05) is 0 Å². The zero-order valence-corrected chi connectivity index (χ0v) is 8.53. The third kappa shape index (κ3) is 4.49. The van der Waals surface area contributed by atoms with E-state index in [1.165, 1.54) is 24.8 Å². The van der Waals surface area contributed by atoms with E-state index in [1.54, 1.807) is 0 Å². The number of ether oxygens (including phenoxy) is 1. The topological polar surface area (TPSA) is 38.3 Å². The SMILES string of the molecule is CC(C)(C)OC(=O)NSC1CC1. The van der Waals surface area contributed by atoms with Crippen LogP contribution >= 0.6 is 11.9 Å². The van der Waals surface area contributed by atoms with Gasteiger partial charge in [-0.2, -0.15) is 0 Å². The van der Waals surface area contributed by atoms with Crippen molar-refractivity contribution in [1.82, 2.24) is 4.72 Å². The summed E-state index contributed by atoms with van der Waals surface area (Å²) in [5, 5.41) is 0.623. The Labute approximate surface area is 77.4 Å². The van der Waals surface area contributed by atoms with Gasteiger partial charge in [-0.1, -0.05) is 0 Å². The Hall–Kier alpha value is -0.380. The maximum absolute atomic E-state index is 11.0. The Morgan fingerprint density at radius 3 is 2.50 bits per heavy atom. The summed E-state index contributed by atoms with van der Waals surface area (Å²) in [7, 11) is 0. The fourth-order valence-electron chi connectivity index (χ4n) is 0.616. The molecule has 12 heavy (non-hydrogen) atoms. The number of hydrogen-bond donors (Lipinski definition) is 1. The lowest BCUT2D eigenvalue weighted by atomic mass is 10.2.